The fourth-order valence-corrected chi connectivity index (χ4v) is 6.53. The molecule has 254 valence electrons. The van der Waals surface area contributed by atoms with Crippen LogP contribution in [0.2, 0.25) is 5.02 Å². The van der Waals surface area contributed by atoms with Gasteiger partial charge < -0.3 is 33.7 Å². The third-order valence-electron chi connectivity index (χ3n) is 9.08. The molecular weight excluding hydrogens is 733 g/mol. The summed E-state index contributed by atoms with van der Waals surface area (Å²) in [5.74, 6) is -0.945. The van der Waals surface area contributed by atoms with Gasteiger partial charge in [-0.1, -0.05) is 42.3 Å². The molecular formula is C32H43ClIN3O9. The fraction of sp³-hybridized carbons (Fsp3) is 0.594. The molecule has 0 unspecified atom stereocenters. The SMILES string of the molecule is COc1cc2cc(c1Cl)N(C)C(=O)C[C@H](OC(=O)[C@H](C)N(C)I)[C@]1(C)O[C@H]1[C@H](C)[C@@H]1C[C@@](O)(NC(=O)O1)[C@H](OC)/C=C/C=C(\C)C2. The number of benzene rings is 1. The van der Waals surface area contributed by atoms with Gasteiger partial charge in [0, 0.05) is 49.4 Å². The van der Waals surface area contributed by atoms with E-state index in [1.165, 1.54) is 19.1 Å². The molecule has 2 amide bonds. The molecule has 4 bridgehead atoms. The van der Waals surface area contributed by atoms with Gasteiger partial charge in [0.05, 0.1) is 25.3 Å². The lowest BCUT2D eigenvalue weighted by atomic mass is 9.83. The fourth-order valence-electron chi connectivity index (χ4n) is 5.99. The Morgan fingerprint density at radius 1 is 1.30 bits per heavy atom. The van der Waals surface area contributed by atoms with Crippen LogP contribution < -0.4 is 15.0 Å². The van der Waals surface area contributed by atoms with Crippen molar-refractivity contribution in [2.24, 2.45) is 5.92 Å². The van der Waals surface area contributed by atoms with Crippen molar-refractivity contribution in [1.82, 2.24) is 8.43 Å². The summed E-state index contributed by atoms with van der Waals surface area (Å²) >= 11 is 8.71. The number of anilines is 1. The number of nitrogens with zero attached hydrogens (tertiary/aromatic N) is 2. The van der Waals surface area contributed by atoms with Gasteiger partial charge in [0.2, 0.25) is 5.91 Å². The number of hydrogen-bond donors (Lipinski definition) is 2. The highest BCUT2D eigenvalue weighted by Crippen LogP contribution is 2.49. The molecule has 0 spiro atoms. The van der Waals surface area contributed by atoms with Gasteiger partial charge in [-0.3, -0.25) is 14.9 Å². The molecule has 1 aromatic rings. The van der Waals surface area contributed by atoms with Crippen molar-refractivity contribution in [3.63, 3.8) is 0 Å². The first-order valence-electron chi connectivity index (χ1n) is 15.0. The smallest absolute Gasteiger partial charge is 0.409 e. The lowest BCUT2D eigenvalue weighted by Gasteiger charge is -2.42. The van der Waals surface area contributed by atoms with Crippen molar-refractivity contribution >= 4 is 58.1 Å². The number of aliphatic hydroxyl groups is 1. The minimum Gasteiger partial charge on any atom is -0.495 e. The number of hydrogen-bond acceptors (Lipinski definition) is 10. The van der Waals surface area contributed by atoms with Crippen LogP contribution in [0.5, 0.6) is 5.75 Å². The molecule has 0 saturated carbocycles. The third-order valence-corrected chi connectivity index (χ3v) is 10.3. The summed E-state index contributed by atoms with van der Waals surface area (Å²) in [6.07, 6.45) is 1.52. The summed E-state index contributed by atoms with van der Waals surface area (Å²) in [4.78, 5) is 41.3. The van der Waals surface area contributed by atoms with Crippen LogP contribution in [0.3, 0.4) is 0 Å². The van der Waals surface area contributed by atoms with E-state index < -0.39 is 59.8 Å². The number of alkyl carbamates (subject to hydrolysis) is 1. The zero-order chi connectivity index (χ0) is 34.1. The maximum absolute atomic E-state index is 13.9. The Bertz CT molecular complexity index is 1410. The second-order valence-electron chi connectivity index (χ2n) is 12.4. The molecule has 3 heterocycles. The van der Waals surface area contributed by atoms with Gasteiger partial charge in [0.15, 0.2) is 5.72 Å². The Kier molecular flexibility index (Phi) is 11.4. The van der Waals surface area contributed by atoms with E-state index in [2.05, 4.69) is 5.32 Å². The first-order valence-corrected chi connectivity index (χ1v) is 16.4. The lowest BCUT2D eigenvalue weighted by Crippen LogP contribution is -2.63. The number of carbonyl (C=O) groups is 3. The lowest BCUT2D eigenvalue weighted by molar-refractivity contribution is -0.157. The Hall–Kier alpha value is -2.43. The average molecular weight is 776 g/mol. The molecule has 2 N–H and O–H groups in total. The predicted octanol–water partition coefficient (Wildman–Crippen LogP) is 4.34. The molecule has 1 aromatic carbocycles. The number of fused-ring (bicyclic) bond motifs is 5. The topological polar surface area (TPSA) is 139 Å². The Labute approximate surface area is 288 Å². The Morgan fingerprint density at radius 2 is 2.00 bits per heavy atom. The summed E-state index contributed by atoms with van der Waals surface area (Å²) in [7, 11) is 6.30. The maximum Gasteiger partial charge on any atom is 0.409 e. The number of epoxide rings is 1. The molecule has 4 rings (SSSR count). The van der Waals surface area contributed by atoms with Crippen LogP contribution in [0.25, 0.3) is 0 Å². The highest BCUT2D eigenvalue weighted by molar-refractivity contribution is 14.1. The van der Waals surface area contributed by atoms with Gasteiger partial charge in [0.25, 0.3) is 0 Å². The number of ether oxygens (including phenoxy) is 5. The van der Waals surface area contributed by atoms with Gasteiger partial charge in [-0.05, 0) is 51.9 Å². The van der Waals surface area contributed by atoms with E-state index in [1.807, 2.05) is 54.9 Å². The summed E-state index contributed by atoms with van der Waals surface area (Å²) < 4.78 is 30.7. The second-order valence-corrected chi connectivity index (χ2v) is 14.3. The number of esters is 1. The second kappa shape index (κ2) is 14.4. The van der Waals surface area contributed by atoms with Crippen molar-refractivity contribution < 1.29 is 43.2 Å². The molecule has 46 heavy (non-hydrogen) atoms. The molecule has 12 nitrogen and oxygen atoms in total. The molecule has 14 heteroatoms. The number of allylic oxidation sites excluding steroid dienone is 3. The van der Waals surface area contributed by atoms with Crippen molar-refractivity contribution in [1.29, 1.82) is 0 Å². The molecule has 8 atom stereocenters. The van der Waals surface area contributed by atoms with Gasteiger partial charge in [0.1, 0.15) is 40.7 Å². The molecule has 0 aliphatic carbocycles. The van der Waals surface area contributed by atoms with Crippen LogP contribution in [0.4, 0.5) is 10.5 Å². The minimum absolute atomic E-state index is 0.00565. The van der Waals surface area contributed by atoms with Gasteiger partial charge >= 0.3 is 12.1 Å². The molecule has 3 aliphatic rings. The Morgan fingerprint density at radius 3 is 2.63 bits per heavy atom. The monoisotopic (exact) mass is 775 g/mol. The molecule has 3 aliphatic heterocycles. The number of halogens is 2. The highest BCUT2D eigenvalue weighted by Gasteiger charge is 2.64. The van der Waals surface area contributed by atoms with Crippen LogP contribution >= 0.6 is 34.5 Å². The van der Waals surface area contributed by atoms with Gasteiger partial charge in [-0.25, -0.2) is 7.91 Å². The number of likely N-dealkylation sites (N-methyl/N-ethyl adjacent to an activating group) is 1. The highest BCUT2D eigenvalue weighted by atomic mass is 127. The van der Waals surface area contributed by atoms with Crippen LogP contribution in [-0.2, 0) is 35.0 Å². The molecule has 0 radical (unpaired) electrons. The largest absolute Gasteiger partial charge is 0.495 e. The summed E-state index contributed by atoms with van der Waals surface area (Å²) in [5.41, 5.74) is -0.648. The van der Waals surface area contributed by atoms with Crippen molar-refractivity contribution in [2.45, 2.75) is 88.7 Å². The maximum atomic E-state index is 13.9. The average Bonchev–Trinajstić information content (AvgIpc) is 3.69. The molecule has 2 fully saturated rings. The van der Waals surface area contributed by atoms with Crippen LogP contribution in [0.15, 0.2) is 35.9 Å². The number of nitrogens with one attached hydrogen (secondary N) is 1. The predicted molar refractivity (Wildman–Crippen MR) is 180 cm³/mol. The number of methoxy groups -OCH3 is 2. The Balaban J connectivity index is 1.80. The quantitative estimate of drug-likeness (QED) is 0.192. The third kappa shape index (κ3) is 7.65. The standard InChI is InChI=1S/C32H43ClIN3O9/c1-17-10-9-11-24(43-8)32(41)16-23(44-30(40)35-32)18(2)28-31(4,46-28)25(45-29(39)19(3)37(6)34)15-26(38)36(5)21-13-20(12-17)14-22(42-7)27(21)33/h9-11,13-14,18-19,23-25,28,41H,12,15-16H2,1-8H3,(H,35,40)/b11-9+,17-10+/t18-,19+,23+,24-,25+,28+,31+,32+/m1/s1. The van der Waals surface area contributed by atoms with E-state index in [0.29, 0.717) is 17.9 Å². The summed E-state index contributed by atoms with van der Waals surface area (Å²) in [5, 5.41) is 14.4. The normalized spacial score (nSPS) is 34.4. The zero-order valence-corrected chi connectivity index (χ0v) is 30.2. The zero-order valence-electron chi connectivity index (χ0n) is 27.3. The van der Waals surface area contributed by atoms with E-state index in [4.69, 9.17) is 35.3 Å². The van der Waals surface area contributed by atoms with E-state index in [-0.39, 0.29) is 23.8 Å². The minimum atomic E-state index is -1.78. The van der Waals surface area contributed by atoms with Crippen molar-refractivity contribution in [3.05, 3.63) is 46.5 Å². The van der Waals surface area contributed by atoms with Crippen molar-refractivity contribution in [2.75, 3.05) is 33.2 Å². The molecule has 0 aromatic heterocycles. The van der Waals surface area contributed by atoms with Crippen LogP contribution in [-0.4, -0.2) is 96.3 Å². The number of amides is 2. The van der Waals surface area contributed by atoms with Gasteiger partial charge in [-0.15, -0.1) is 0 Å². The first kappa shape index (κ1) is 36.4. The van der Waals surface area contributed by atoms with Crippen LogP contribution in [0.1, 0.15) is 46.1 Å². The van der Waals surface area contributed by atoms with Crippen molar-refractivity contribution in [3.8, 4) is 5.75 Å². The number of carbonyl (C=O) groups excluding carboxylic acids is 3. The van der Waals surface area contributed by atoms with E-state index in [9.17, 15) is 19.5 Å². The van der Waals surface area contributed by atoms with E-state index >= 15 is 0 Å². The molecule has 2 saturated heterocycles. The summed E-state index contributed by atoms with van der Waals surface area (Å²) in [6.45, 7) is 7.23. The summed E-state index contributed by atoms with van der Waals surface area (Å²) in [6, 6.07) is 3.03. The van der Waals surface area contributed by atoms with E-state index in [1.54, 1.807) is 43.2 Å². The number of rotatable bonds is 5. The van der Waals surface area contributed by atoms with E-state index in [0.717, 1.165) is 11.1 Å². The van der Waals surface area contributed by atoms with Crippen LogP contribution in [0, 0.1) is 5.92 Å². The first-order chi connectivity index (χ1) is 21.5. The van der Waals surface area contributed by atoms with Gasteiger partial charge in [-0.2, -0.15) is 0 Å².